The summed E-state index contributed by atoms with van der Waals surface area (Å²) in [4.78, 5) is 33.8. The van der Waals surface area contributed by atoms with Gasteiger partial charge in [0.2, 0.25) is 11.8 Å². The summed E-state index contributed by atoms with van der Waals surface area (Å²) in [5, 5.41) is 13.7. The van der Waals surface area contributed by atoms with Crippen molar-refractivity contribution in [2.45, 2.75) is 33.7 Å². The summed E-state index contributed by atoms with van der Waals surface area (Å²) >= 11 is 0. The molecule has 0 radical (unpaired) electrons. The normalized spacial score (nSPS) is 12.9. The molecular weight excluding hydrogens is 250 g/mol. The van der Waals surface area contributed by atoms with Crippen molar-refractivity contribution < 1.29 is 19.5 Å². The van der Waals surface area contributed by atoms with Gasteiger partial charge in [0.05, 0.1) is 18.0 Å². The van der Waals surface area contributed by atoms with Crippen LogP contribution in [0.5, 0.6) is 0 Å². The highest BCUT2D eigenvalue weighted by molar-refractivity contribution is 5.87. The average molecular weight is 273 g/mol. The van der Waals surface area contributed by atoms with E-state index in [9.17, 15) is 14.4 Å². The van der Waals surface area contributed by atoms with E-state index in [2.05, 4.69) is 10.6 Å². The highest BCUT2D eigenvalue weighted by Crippen LogP contribution is 2.12. The molecule has 0 aliphatic carbocycles. The fraction of sp³-hybridized carbons (Fsp3) is 0.750. The number of aliphatic carboxylic acids is 1. The van der Waals surface area contributed by atoms with Crippen molar-refractivity contribution in [3.05, 3.63) is 0 Å². The van der Waals surface area contributed by atoms with E-state index < -0.39 is 29.2 Å². The van der Waals surface area contributed by atoms with Crippen LogP contribution in [0.4, 0.5) is 0 Å². The zero-order valence-electron chi connectivity index (χ0n) is 11.8. The lowest BCUT2D eigenvalue weighted by molar-refractivity contribution is -0.146. The molecule has 0 unspecified atom stereocenters. The van der Waals surface area contributed by atoms with Crippen LogP contribution in [-0.4, -0.2) is 42.0 Å². The summed E-state index contributed by atoms with van der Waals surface area (Å²) in [6.45, 7) is 6.40. The third kappa shape index (κ3) is 6.19. The van der Waals surface area contributed by atoms with Gasteiger partial charge in [-0.1, -0.05) is 13.8 Å². The Morgan fingerprint density at radius 2 is 1.74 bits per heavy atom. The molecule has 7 nitrogen and oxygen atoms in total. The highest BCUT2D eigenvalue weighted by Gasteiger charge is 2.27. The molecule has 1 atom stereocenters. The minimum atomic E-state index is -1.05. The van der Waals surface area contributed by atoms with Crippen LogP contribution >= 0.6 is 0 Å². The number of hydrogen-bond acceptors (Lipinski definition) is 4. The summed E-state index contributed by atoms with van der Waals surface area (Å²) < 4.78 is 0. The molecule has 0 saturated heterocycles. The van der Waals surface area contributed by atoms with E-state index in [0.717, 1.165) is 0 Å². The Bertz CT molecular complexity index is 353. The Labute approximate surface area is 112 Å². The molecule has 2 amide bonds. The first-order valence-electron chi connectivity index (χ1n) is 6.11. The summed E-state index contributed by atoms with van der Waals surface area (Å²) in [6.07, 6.45) is 0. The molecular formula is C12H23N3O4. The lowest BCUT2D eigenvalue weighted by Gasteiger charge is -2.20. The van der Waals surface area contributed by atoms with Crippen molar-refractivity contribution in [2.24, 2.45) is 17.1 Å². The monoisotopic (exact) mass is 273 g/mol. The second-order valence-electron chi connectivity index (χ2n) is 5.45. The van der Waals surface area contributed by atoms with Crippen molar-refractivity contribution in [2.75, 3.05) is 13.1 Å². The predicted molar refractivity (Wildman–Crippen MR) is 70.2 cm³/mol. The molecule has 0 heterocycles. The standard InChI is InChI=1S/C12H23N3O4/c1-7(2)9(13)10(17)14-5-8(16)15-6-12(3,4)11(18)19/h7,9H,5-6,13H2,1-4H3,(H,14,17)(H,15,16)(H,18,19)/t9-/m0/s1. The molecule has 0 fully saturated rings. The second kappa shape index (κ2) is 7.08. The first kappa shape index (κ1) is 17.4. The van der Waals surface area contributed by atoms with Gasteiger partial charge in [0.25, 0.3) is 0 Å². The zero-order valence-corrected chi connectivity index (χ0v) is 11.8. The van der Waals surface area contributed by atoms with Gasteiger partial charge in [-0.3, -0.25) is 14.4 Å². The van der Waals surface area contributed by atoms with E-state index in [1.54, 1.807) is 13.8 Å². The maximum absolute atomic E-state index is 11.5. The van der Waals surface area contributed by atoms with Crippen LogP contribution in [0.15, 0.2) is 0 Å². The molecule has 110 valence electrons. The first-order valence-corrected chi connectivity index (χ1v) is 6.11. The molecule has 0 saturated carbocycles. The Balaban J connectivity index is 4.08. The largest absolute Gasteiger partial charge is 0.481 e. The van der Waals surface area contributed by atoms with E-state index in [1.165, 1.54) is 13.8 Å². The number of carboxylic acids is 1. The number of amides is 2. The van der Waals surface area contributed by atoms with Crippen molar-refractivity contribution in [1.29, 1.82) is 0 Å². The van der Waals surface area contributed by atoms with Gasteiger partial charge in [-0.05, 0) is 19.8 Å². The molecule has 0 spiro atoms. The van der Waals surface area contributed by atoms with Crippen molar-refractivity contribution in [3.63, 3.8) is 0 Å². The van der Waals surface area contributed by atoms with E-state index in [4.69, 9.17) is 10.8 Å². The number of nitrogens with one attached hydrogen (secondary N) is 2. The Morgan fingerprint density at radius 3 is 2.16 bits per heavy atom. The van der Waals surface area contributed by atoms with Crippen LogP contribution in [0.2, 0.25) is 0 Å². The van der Waals surface area contributed by atoms with Gasteiger partial charge >= 0.3 is 5.97 Å². The van der Waals surface area contributed by atoms with Crippen LogP contribution in [0.25, 0.3) is 0 Å². The van der Waals surface area contributed by atoms with Gasteiger partial charge in [0.1, 0.15) is 0 Å². The molecule has 19 heavy (non-hydrogen) atoms. The maximum atomic E-state index is 11.5. The van der Waals surface area contributed by atoms with Gasteiger partial charge in [-0.25, -0.2) is 0 Å². The number of carbonyl (C=O) groups is 3. The SMILES string of the molecule is CC(C)[C@H](N)C(=O)NCC(=O)NCC(C)(C)C(=O)O. The Kier molecular flexibility index (Phi) is 6.47. The number of rotatable bonds is 7. The van der Waals surface area contributed by atoms with Gasteiger partial charge in [0, 0.05) is 6.54 Å². The second-order valence-corrected chi connectivity index (χ2v) is 5.45. The van der Waals surface area contributed by atoms with Crippen molar-refractivity contribution >= 4 is 17.8 Å². The van der Waals surface area contributed by atoms with Gasteiger partial charge in [-0.2, -0.15) is 0 Å². The number of hydrogen-bond donors (Lipinski definition) is 4. The van der Waals surface area contributed by atoms with Gasteiger partial charge in [0.15, 0.2) is 0 Å². The quantitative estimate of drug-likeness (QED) is 0.489. The van der Waals surface area contributed by atoms with E-state index in [0.29, 0.717) is 0 Å². The van der Waals surface area contributed by atoms with Crippen LogP contribution in [-0.2, 0) is 14.4 Å². The van der Waals surface area contributed by atoms with Gasteiger partial charge in [-0.15, -0.1) is 0 Å². The summed E-state index contributed by atoms with van der Waals surface area (Å²) in [5.74, 6) is -1.87. The smallest absolute Gasteiger partial charge is 0.310 e. The number of carbonyl (C=O) groups excluding carboxylic acids is 2. The lowest BCUT2D eigenvalue weighted by atomic mass is 9.94. The highest BCUT2D eigenvalue weighted by atomic mass is 16.4. The topological polar surface area (TPSA) is 122 Å². The molecule has 0 aliphatic heterocycles. The van der Waals surface area contributed by atoms with Crippen LogP contribution in [0.1, 0.15) is 27.7 Å². The number of nitrogens with two attached hydrogens (primary N) is 1. The molecule has 0 aromatic rings. The van der Waals surface area contributed by atoms with Gasteiger partial charge < -0.3 is 21.5 Å². The molecule has 0 aliphatic rings. The van der Waals surface area contributed by atoms with Crippen molar-refractivity contribution in [3.8, 4) is 0 Å². The van der Waals surface area contributed by atoms with E-state index in [1.807, 2.05) is 0 Å². The third-order valence-electron chi connectivity index (χ3n) is 2.75. The lowest BCUT2D eigenvalue weighted by Crippen LogP contribution is -2.48. The van der Waals surface area contributed by atoms with E-state index >= 15 is 0 Å². The minimum Gasteiger partial charge on any atom is -0.481 e. The Morgan fingerprint density at radius 1 is 1.21 bits per heavy atom. The summed E-state index contributed by atoms with van der Waals surface area (Å²) in [7, 11) is 0. The minimum absolute atomic E-state index is 0.00668. The Hall–Kier alpha value is -1.63. The fourth-order valence-corrected chi connectivity index (χ4v) is 1.05. The fourth-order valence-electron chi connectivity index (χ4n) is 1.05. The summed E-state index contributed by atoms with van der Waals surface area (Å²) in [5.41, 5.74) is 4.56. The molecule has 5 N–H and O–H groups in total. The zero-order chi connectivity index (χ0) is 15.2. The molecule has 7 heteroatoms. The van der Waals surface area contributed by atoms with Crippen LogP contribution < -0.4 is 16.4 Å². The average Bonchev–Trinajstić information content (AvgIpc) is 2.32. The van der Waals surface area contributed by atoms with Crippen LogP contribution in [0.3, 0.4) is 0 Å². The molecule has 0 aromatic heterocycles. The molecule has 0 bridgehead atoms. The molecule has 0 rings (SSSR count). The third-order valence-corrected chi connectivity index (χ3v) is 2.75. The molecule has 0 aromatic carbocycles. The maximum Gasteiger partial charge on any atom is 0.310 e. The van der Waals surface area contributed by atoms with E-state index in [-0.39, 0.29) is 19.0 Å². The number of carboxylic acid groups (broad SMARTS) is 1. The summed E-state index contributed by atoms with van der Waals surface area (Å²) in [6, 6.07) is -0.664. The first-order chi connectivity index (χ1) is 8.58. The van der Waals surface area contributed by atoms with Crippen molar-refractivity contribution in [1.82, 2.24) is 10.6 Å². The van der Waals surface area contributed by atoms with Crippen LogP contribution in [0, 0.1) is 11.3 Å². The predicted octanol–water partition coefficient (Wildman–Crippen LogP) is -0.687.